The van der Waals surface area contributed by atoms with Gasteiger partial charge in [0.2, 0.25) is 11.8 Å². The molecule has 0 radical (unpaired) electrons. The van der Waals surface area contributed by atoms with E-state index in [-0.39, 0.29) is 23.6 Å². The Bertz CT molecular complexity index is 1220. The lowest BCUT2D eigenvalue weighted by Crippen LogP contribution is -2.47. The molecule has 1 aliphatic heterocycles. The van der Waals surface area contributed by atoms with E-state index in [0.29, 0.717) is 17.1 Å². The number of anilines is 2. The quantitative estimate of drug-likeness (QED) is 0.509. The fraction of sp³-hybridized carbons (Fsp3) is 0.154. The fourth-order valence-electron chi connectivity index (χ4n) is 3.74. The Balaban J connectivity index is 1.60. The Morgan fingerprint density at radius 3 is 2.00 bits per heavy atom. The van der Waals surface area contributed by atoms with Crippen LogP contribution in [0, 0.1) is 0 Å². The highest BCUT2D eigenvalue weighted by atomic mass is 16.5. The second-order valence-corrected chi connectivity index (χ2v) is 7.71. The number of carbonyl (C=O) groups excluding carboxylic acids is 4. The van der Waals surface area contributed by atoms with Crippen LogP contribution in [0.1, 0.15) is 20.7 Å². The van der Waals surface area contributed by atoms with Crippen LogP contribution in [0.25, 0.3) is 0 Å². The van der Waals surface area contributed by atoms with Crippen LogP contribution in [0.15, 0.2) is 78.9 Å². The molecule has 0 atom stereocenters. The molecule has 0 N–H and O–H groups in total. The zero-order chi connectivity index (χ0) is 24.2. The van der Waals surface area contributed by atoms with Crippen LogP contribution in [0.2, 0.25) is 0 Å². The third-order valence-corrected chi connectivity index (χ3v) is 5.65. The van der Waals surface area contributed by atoms with Crippen molar-refractivity contribution in [1.82, 2.24) is 4.90 Å². The predicted octanol–water partition coefficient (Wildman–Crippen LogP) is 2.99. The largest absolute Gasteiger partial charge is 0.497 e. The Kier molecular flexibility index (Phi) is 6.40. The van der Waals surface area contributed by atoms with Gasteiger partial charge in [-0.2, -0.15) is 0 Å². The summed E-state index contributed by atoms with van der Waals surface area (Å²) >= 11 is 0. The monoisotopic (exact) mass is 457 g/mol. The number of hydrogen-bond donors (Lipinski definition) is 0. The van der Waals surface area contributed by atoms with E-state index in [9.17, 15) is 19.2 Å². The first-order chi connectivity index (χ1) is 16.4. The molecule has 1 heterocycles. The van der Waals surface area contributed by atoms with Gasteiger partial charge >= 0.3 is 0 Å². The van der Waals surface area contributed by atoms with Crippen molar-refractivity contribution in [2.24, 2.45) is 0 Å². The van der Waals surface area contributed by atoms with Crippen LogP contribution in [0.4, 0.5) is 11.4 Å². The first kappa shape index (κ1) is 22.7. The van der Waals surface area contributed by atoms with Crippen LogP contribution in [-0.4, -0.2) is 55.8 Å². The summed E-state index contributed by atoms with van der Waals surface area (Å²) in [5.41, 5.74) is 1.60. The van der Waals surface area contributed by atoms with Crippen molar-refractivity contribution >= 4 is 35.0 Å². The van der Waals surface area contributed by atoms with Crippen LogP contribution < -0.4 is 14.5 Å². The lowest BCUT2D eigenvalue weighted by atomic mass is 10.1. The normalized spacial score (nSPS) is 12.4. The fourth-order valence-corrected chi connectivity index (χ4v) is 3.74. The number of imide groups is 1. The van der Waals surface area contributed by atoms with Crippen LogP contribution >= 0.6 is 0 Å². The Morgan fingerprint density at radius 1 is 0.794 bits per heavy atom. The number of rotatable bonds is 7. The molecule has 0 saturated heterocycles. The summed E-state index contributed by atoms with van der Waals surface area (Å²) in [7, 11) is 3.12. The van der Waals surface area contributed by atoms with E-state index >= 15 is 0 Å². The van der Waals surface area contributed by atoms with Gasteiger partial charge in [-0.1, -0.05) is 36.4 Å². The molecule has 34 heavy (non-hydrogen) atoms. The van der Waals surface area contributed by atoms with Gasteiger partial charge in [-0.3, -0.25) is 24.1 Å². The number of para-hydroxylation sites is 1. The Labute approximate surface area is 196 Å². The van der Waals surface area contributed by atoms with E-state index in [0.717, 1.165) is 4.90 Å². The molecule has 3 aromatic carbocycles. The molecule has 0 saturated carbocycles. The van der Waals surface area contributed by atoms with Gasteiger partial charge in [0.15, 0.2) is 0 Å². The van der Waals surface area contributed by atoms with Gasteiger partial charge in [0.05, 0.1) is 18.2 Å². The summed E-state index contributed by atoms with van der Waals surface area (Å²) in [5.74, 6) is -1.48. The molecule has 0 aromatic heterocycles. The first-order valence-corrected chi connectivity index (χ1v) is 10.6. The van der Waals surface area contributed by atoms with Gasteiger partial charge in [0.25, 0.3) is 11.8 Å². The third-order valence-electron chi connectivity index (χ3n) is 5.65. The van der Waals surface area contributed by atoms with Gasteiger partial charge in [0, 0.05) is 24.5 Å². The average Bonchev–Trinajstić information content (AvgIpc) is 3.12. The van der Waals surface area contributed by atoms with E-state index in [1.165, 1.54) is 16.9 Å². The minimum Gasteiger partial charge on any atom is -0.497 e. The maximum absolute atomic E-state index is 13.4. The maximum atomic E-state index is 13.4. The molecular formula is C26H23N3O5. The van der Waals surface area contributed by atoms with E-state index in [4.69, 9.17) is 4.74 Å². The van der Waals surface area contributed by atoms with Crippen LogP contribution in [-0.2, 0) is 9.59 Å². The number of amides is 4. The van der Waals surface area contributed by atoms with Crippen molar-refractivity contribution in [2.75, 3.05) is 37.0 Å². The van der Waals surface area contributed by atoms with Crippen molar-refractivity contribution in [1.29, 1.82) is 0 Å². The highest BCUT2D eigenvalue weighted by Crippen LogP contribution is 2.25. The van der Waals surface area contributed by atoms with Gasteiger partial charge < -0.3 is 14.5 Å². The zero-order valence-electron chi connectivity index (χ0n) is 18.8. The predicted molar refractivity (Wildman–Crippen MR) is 127 cm³/mol. The number of methoxy groups -OCH3 is 1. The molecule has 0 spiro atoms. The molecule has 0 bridgehead atoms. The van der Waals surface area contributed by atoms with E-state index < -0.39 is 24.3 Å². The second kappa shape index (κ2) is 9.58. The molecule has 0 unspecified atom stereocenters. The molecule has 4 rings (SSSR count). The number of likely N-dealkylation sites (N-methyl/N-ethyl adjacent to an activating group) is 1. The second-order valence-electron chi connectivity index (χ2n) is 7.71. The van der Waals surface area contributed by atoms with Crippen molar-refractivity contribution in [2.45, 2.75) is 0 Å². The summed E-state index contributed by atoms with van der Waals surface area (Å²) in [4.78, 5) is 55.6. The summed E-state index contributed by atoms with van der Waals surface area (Å²) < 4.78 is 5.26. The molecule has 3 aromatic rings. The van der Waals surface area contributed by atoms with Gasteiger partial charge in [-0.25, -0.2) is 0 Å². The van der Waals surface area contributed by atoms with E-state index in [1.54, 1.807) is 67.7 Å². The van der Waals surface area contributed by atoms with E-state index in [1.807, 2.05) is 18.2 Å². The third kappa shape index (κ3) is 4.38. The minimum absolute atomic E-state index is 0.258. The number of nitrogens with zero attached hydrogens (tertiary/aromatic N) is 3. The molecule has 1 aliphatic rings. The minimum atomic E-state index is -0.572. The number of fused-ring (bicyclic) bond motifs is 1. The number of ether oxygens (including phenoxy) is 1. The number of benzene rings is 3. The smallest absolute Gasteiger partial charge is 0.262 e. The molecule has 172 valence electrons. The number of hydrogen-bond acceptors (Lipinski definition) is 5. The van der Waals surface area contributed by atoms with Crippen LogP contribution in [0.3, 0.4) is 0 Å². The Hall–Kier alpha value is -4.46. The molecule has 8 nitrogen and oxygen atoms in total. The summed E-state index contributed by atoms with van der Waals surface area (Å²) in [6.45, 7) is -0.785. The molecule has 0 fully saturated rings. The summed E-state index contributed by atoms with van der Waals surface area (Å²) in [5, 5.41) is 0. The lowest BCUT2D eigenvalue weighted by Gasteiger charge is -2.27. The highest BCUT2D eigenvalue weighted by Gasteiger charge is 2.37. The zero-order valence-corrected chi connectivity index (χ0v) is 18.8. The van der Waals surface area contributed by atoms with Crippen LogP contribution in [0.5, 0.6) is 5.75 Å². The van der Waals surface area contributed by atoms with Gasteiger partial charge in [-0.15, -0.1) is 0 Å². The average molecular weight is 457 g/mol. The molecule has 0 aliphatic carbocycles. The summed E-state index contributed by atoms with van der Waals surface area (Å²) in [6.07, 6.45) is 0. The van der Waals surface area contributed by atoms with Crippen molar-refractivity contribution in [3.05, 3.63) is 90.0 Å². The highest BCUT2D eigenvalue weighted by molar-refractivity contribution is 6.23. The lowest BCUT2D eigenvalue weighted by molar-refractivity contribution is -0.122. The molecule has 8 heteroatoms. The van der Waals surface area contributed by atoms with E-state index in [2.05, 4.69) is 0 Å². The first-order valence-electron chi connectivity index (χ1n) is 10.6. The Morgan fingerprint density at radius 2 is 1.38 bits per heavy atom. The molecule has 4 amide bonds. The van der Waals surface area contributed by atoms with Gasteiger partial charge in [0.1, 0.15) is 18.8 Å². The van der Waals surface area contributed by atoms with Crippen molar-refractivity contribution in [3.8, 4) is 5.75 Å². The maximum Gasteiger partial charge on any atom is 0.262 e. The molecular weight excluding hydrogens is 434 g/mol. The SMILES string of the molecule is COc1cccc(N(CC(=O)N(C)c2ccccc2)C(=O)CN2C(=O)c3ccccc3C2=O)c1. The van der Waals surface area contributed by atoms with Crippen molar-refractivity contribution < 1.29 is 23.9 Å². The number of carbonyl (C=O) groups is 4. The summed E-state index contributed by atoms with van der Waals surface area (Å²) in [6, 6.07) is 22.2. The van der Waals surface area contributed by atoms with Gasteiger partial charge in [-0.05, 0) is 36.4 Å². The topological polar surface area (TPSA) is 87.2 Å². The standard InChI is InChI=1S/C26H23N3O5/c1-27(18-9-4-3-5-10-18)23(30)16-28(19-11-8-12-20(15-19)34-2)24(31)17-29-25(32)21-13-6-7-14-22(21)26(29)33/h3-15H,16-17H2,1-2H3. The van der Waals surface area contributed by atoms with Crippen molar-refractivity contribution in [3.63, 3.8) is 0 Å².